The second kappa shape index (κ2) is 10.1. The van der Waals surface area contributed by atoms with Crippen molar-refractivity contribution in [3.05, 3.63) is 53.0 Å². The summed E-state index contributed by atoms with van der Waals surface area (Å²) in [5.74, 6) is -2.95. The van der Waals surface area contributed by atoms with E-state index >= 15 is 4.39 Å². The molecule has 3 aromatic rings. The number of H-pyrrole nitrogens is 1. The standard InChI is InChI=1S/C27H32F4N4O2/c1-16-8-20-19(4-5-23-21(20)12-32-33-23)26(35(16)15-27(2,30)31)25-22(29)9-18(10-24(25)36-3)37-7-6-34-13-17(11-28)14-34/h4-5,9-10,12,16-17,26H,6-8,11,13-15H2,1-3H3,(H,32,33)/t16-,26?/m1/s1. The molecule has 2 aliphatic heterocycles. The monoisotopic (exact) mass is 520 g/mol. The highest BCUT2D eigenvalue weighted by Gasteiger charge is 2.41. The van der Waals surface area contributed by atoms with E-state index in [-0.39, 0.29) is 29.9 Å². The summed E-state index contributed by atoms with van der Waals surface area (Å²) in [5, 5.41) is 7.99. The molecule has 0 amide bonds. The highest BCUT2D eigenvalue weighted by atomic mass is 19.3. The third-order valence-electron chi connectivity index (χ3n) is 7.41. The summed E-state index contributed by atoms with van der Waals surface area (Å²) in [7, 11) is 1.43. The Morgan fingerprint density at radius 3 is 2.70 bits per heavy atom. The Bertz CT molecular complexity index is 1260. The summed E-state index contributed by atoms with van der Waals surface area (Å²) < 4.78 is 68.6. The third-order valence-corrected chi connectivity index (χ3v) is 7.41. The zero-order valence-electron chi connectivity index (χ0n) is 21.2. The molecule has 3 heterocycles. The topological polar surface area (TPSA) is 53.6 Å². The fraction of sp³-hybridized carbons (Fsp3) is 0.519. The molecule has 0 saturated carbocycles. The van der Waals surface area contributed by atoms with E-state index in [1.165, 1.54) is 13.2 Å². The Labute approximate surface area is 213 Å². The molecule has 200 valence electrons. The highest BCUT2D eigenvalue weighted by Crippen LogP contribution is 2.46. The number of nitrogens with one attached hydrogen (secondary N) is 1. The largest absolute Gasteiger partial charge is 0.496 e. The zero-order valence-corrected chi connectivity index (χ0v) is 21.2. The van der Waals surface area contributed by atoms with Crippen LogP contribution in [0.5, 0.6) is 11.5 Å². The normalized spacial score (nSPS) is 21.2. The first kappa shape index (κ1) is 25.8. The quantitative estimate of drug-likeness (QED) is 0.404. The van der Waals surface area contributed by atoms with Crippen molar-refractivity contribution < 1.29 is 27.0 Å². The number of aromatic nitrogens is 2. The van der Waals surface area contributed by atoms with Crippen LogP contribution in [-0.4, -0.2) is 78.5 Å². The molecule has 1 fully saturated rings. The first-order chi connectivity index (χ1) is 17.7. The number of hydrogen-bond donors (Lipinski definition) is 1. The Balaban J connectivity index is 1.50. The average Bonchev–Trinajstić information content (AvgIpc) is 3.30. The predicted octanol–water partition coefficient (Wildman–Crippen LogP) is 4.98. The number of ether oxygens (including phenoxy) is 2. The van der Waals surface area contributed by atoms with Gasteiger partial charge in [-0.1, -0.05) is 6.07 Å². The van der Waals surface area contributed by atoms with Crippen LogP contribution < -0.4 is 9.47 Å². The number of rotatable bonds is 9. The summed E-state index contributed by atoms with van der Waals surface area (Å²) >= 11 is 0. The molecule has 2 aliphatic rings. The zero-order chi connectivity index (χ0) is 26.3. The van der Waals surface area contributed by atoms with Crippen LogP contribution in [0.1, 0.15) is 36.6 Å². The molecule has 0 bridgehead atoms. The average molecular weight is 521 g/mol. The molecular formula is C27H32F4N4O2. The van der Waals surface area contributed by atoms with E-state index in [2.05, 4.69) is 15.1 Å². The lowest BCUT2D eigenvalue weighted by Crippen LogP contribution is -2.49. The fourth-order valence-corrected chi connectivity index (χ4v) is 5.65. The maximum Gasteiger partial charge on any atom is 0.257 e. The molecule has 10 heteroatoms. The van der Waals surface area contributed by atoms with E-state index in [9.17, 15) is 13.2 Å². The van der Waals surface area contributed by atoms with Crippen molar-refractivity contribution in [2.75, 3.05) is 46.6 Å². The summed E-state index contributed by atoms with van der Waals surface area (Å²) in [6.45, 7) is 4.22. The van der Waals surface area contributed by atoms with Crippen LogP contribution in [0, 0.1) is 11.7 Å². The first-order valence-electron chi connectivity index (χ1n) is 12.6. The molecule has 1 N–H and O–H groups in total. The van der Waals surface area contributed by atoms with E-state index in [1.807, 2.05) is 19.1 Å². The van der Waals surface area contributed by atoms with Gasteiger partial charge in [-0.2, -0.15) is 5.10 Å². The number of methoxy groups -OCH3 is 1. The lowest BCUT2D eigenvalue weighted by Gasteiger charge is -2.43. The van der Waals surface area contributed by atoms with E-state index in [4.69, 9.17) is 9.47 Å². The molecule has 2 aromatic carbocycles. The van der Waals surface area contributed by atoms with Crippen LogP contribution in [-0.2, 0) is 6.42 Å². The number of likely N-dealkylation sites (tertiary alicyclic amines) is 1. The lowest BCUT2D eigenvalue weighted by molar-refractivity contribution is -0.0368. The van der Waals surface area contributed by atoms with Crippen molar-refractivity contribution in [1.29, 1.82) is 0 Å². The number of hydrogen-bond acceptors (Lipinski definition) is 5. The predicted molar refractivity (Wildman–Crippen MR) is 133 cm³/mol. The second-order valence-electron chi connectivity index (χ2n) is 10.3. The Morgan fingerprint density at radius 2 is 2.00 bits per heavy atom. The third kappa shape index (κ3) is 5.13. The van der Waals surface area contributed by atoms with Crippen LogP contribution in [0.4, 0.5) is 17.6 Å². The molecule has 1 saturated heterocycles. The number of alkyl halides is 3. The molecular weight excluding hydrogens is 488 g/mol. The fourth-order valence-electron chi connectivity index (χ4n) is 5.65. The molecule has 1 unspecified atom stereocenters. The van der Waals surface area contributed by atoms with Gasteiger partial charge >= 0.3 is 0 Å². The van der Waals surface area contributed by atoms with Crippen molar-refractivity contribution in [3.63, 3.8) is 0 Å². The summed E-state index contributed by atoms with van der Waals surface area (Å²) in [6, 6.07) is 5.53. The minimum Gasteiger partial charge on any atom is -0.496 e. The Kier molecular flexibility index (Phi) is 7.06. The summed E-state index contributed by atoms with van der Waals surface area (Å²) in [5.41, 5.74) is 2.75. The van der Waals surface area contributed by atoms with Gasteiger partial charge in [0, 0.05) is 56.0 Å². The van der Waals surface area contributed by atoms with Crippen LogP contribution in [0.25, 0.3) is 10.9 Å². The van der Waals surface area contributed by atoms with Crippen LogP contribution in [0.3, 0.4) is 0 Å². The first-order valence-corrected chi connectivity index (χ1v) is 12.6. The van der Waals surface area contributed by atoms with Gasteiger partial charge in [0.15, 0.2) is 0 Å². The van der Waals surface area contributed by atoms with Crippen molar-refractivity contribution in [2.24, 2.45) is 5.92 Å². The van der Waals surface area contributed by atoms with Gasteiger partial charge < -0.3 is 9.47 Å². The van der Waals surface area contributed by atoms with E-state index in [0.717, 1.165) is 29.0 Å². The van der Waals surface area contributed by atoms with Gasteiger partial charge in [-0.3, -0.25) is 19.3 Å². The number of benzene rings is 2. The highest BCUT2D eigenvalue weighted by molar-refractivity contribution is 5.83. The van der Waals surface area contributed by atoms with Gasteiger partial charge in [-0.25, -0.2) is 13.2 Å². The molecule has 0 aliphatic carbocycles. The minimum absolute atomic E-state index is 0.0827. The van der Waals surface area contributed by atoms with Crippen LogP contribution in [0.15, 0.2) is 30.5 Å². The summed E-state index contributed by atoms with van der Waals surface area (Å²) in [4.78, 5) is 3.73. The van der Waals surface area contributed by atoms with Crippen molar-refractivity contribution in [1.82, 2.24) is 20.0 Å². The van der Waals surface area contributed by atoms with Gasteiger partial charge in [0.1, 0.15) is 23.9 Å². The lowest BCUT2D eigenvalue weighted by atomic mass is 9.82. The number of aromatic amines is 1. The van der Waals surface area contributed by atoms with Crippen molar-refractivity contribution in [3.8, 4) is 11.5 Å². The summed E-state index contributed by atoms with van der Waals surface area (Å²) in [6.07, 6.45) is 2.25. The molecule has 0 radical (unpaired) electrons. The van der Waals surface area contributed by atoms with E-state index in [0.29, 0.717) is 38.4 Å². The smallest absolute Gasteiger partial charge is 0.257 e. The van der Waals surface area contributed by atoms with Gasteiger partial charge in [0.25, 0.3) is 5.92 Å². The Morgan fingerprint density at radius 1 is 1.22 bits per heavy atom. The minimum atomic E-state index is -2.98. The van der Waals surface area contributed by atoms with E-state index < -0.39 is 24.3 Å². The molecule has 0 spiro atoms. The number of nitrogens with zero attached hydrogens (tertiary/aromatic N) is 3. The maximum absolute atomic E-state index is 15.9. The Hall–Kier alpha value is -2.85. The van der Waals surface area contributed by atoms with E-state index in [1.54, 1.807) is 17.2 Å². The SMILES string of the molecule is COc1cc(OCCN2CC(CF)C2)cc(F)c1C1c2ccc3[nH]ncc3c2C[C@@H](C)N1CC(C)(F)F. The molecule has 5 rings (SSSR count). The van der Waals surface area contributed by atoms with Crippen molar-refractivity contribution in [2.45, 2.75) is 38.3 Å². The molecule has 2 atom stereocenters. The number of halogens is 4. The number of fused-ring (bicyclic) bond motifs is 3. The van der Waals surface area contributed by atoms with Crippen molar-refractivity contribution >= 4 is 10.9 Å². The molecule has 6 nitrogen and oxygen atoms in total. The van der Waals surface area contributed by atoms with Gasteiger partial charge in [0.2, 0.25) is 0 Å². The van der Waals surface area contributed by atoms with Gasteiger partial charge in [0.05, 0.1) is 43.6 Å². The maximum atomic E-state index is 15.9. The van der Waals surface area contributed by atoms with Gasteiger partial charge in [-0.05, 0) is 30.5 Å². The molecule has 37 heavy (non-hydrogen) atoms. The van der Waals surface area contributed by atoms with Crippen LogP contribution in [0.2, 0.25) is 0 Å². The molecule has 1 aromatic heterocycles. The second-order valence-corrected chi connectivity index (χ2v) is 10.3. The van der Waals surface area contributed by atoms with Crippen LogP contribution >= 0.6 is 0 Å². The van der Waals surface area contributed by atoms with Gasteiger partial charge in [-0.15, -0.1) is 0 Å².